The highest BCUT2D eigenvalue weighted by atomic mass is 16.6. The molecule has 23 heavy (non-hydrogen) atoms. The van der Waals surface area contributed by atoms with Crippen molar-refractivity contribution in [2.75, 3.05) is 7.05 Å². The summed E-state index contributed by atoms with van der Waals surface area (Å²) in [4.78, 5) is 33.5. The summed E-state index contributed by atoms with van der Waals surface area (Å²) in [6, 6.07) is 0. The van der Waals surface area contributed by atoms with Crippen LogP contribution in [0.4, 0.5) is 0 Å². The van der Waals surface area contributed by atoms with E-state index in [-0.39, 0.29) is 11.2 Å². The van der Waals surface area contributed by atoms with E-state index in [1.807, 2.05) is 0 Å². The molecule has 2 aromatic heterocycles. The number of hydrogen-bond acceptors (Lipinski definition) is 8. The van der Waals surface area contributed by atoms with Crippen molar-refractivity contribution in [3.8, 4) is 0 Å². The molecule has 11 heteroatoms. The van der Waals surface area contributed by atoms with Crippen LogP contribution in [-0.2, 0) is 9.53 Å². The summed E-state index contributed by atoms with van der Waals surface area (Å²) in [5, 5.41) is 30.2. The van der Waals surface area contributed by atoms with E-state index in [2.05, 4.69) is 15.0 Å². The monoisotopic (exact) mass is 325 g/mol. The van der Waals surface area contributed by atoms with Crippen LogP contribution >= 0.6 is 0 Å². The van der Waals surface area contributed by atoms with Crippen molar-refractivity contribution in [2.24, 2.45) is 0 Å². The van der Waals surface area contributed by atoms with Gasteiger partial charge in [-0.1, -0.05) is 0 Å². The van der Waals surface area contributed by atoms with E-state index in [4.69, 9.17) is 4.74 Å². The Balaban J connectivity index is 1.95. The van der Waals surface area contributed by atoms with Gasteiger partial charge in [0.25, 0.3) is 5.56 Å². The van der Waals surface area contributed by atoms with Gasteiger partial charge in [0.1, 0.15) is 18.3 Å². The molecule has 5 atom stereocenters. The molecule has 1 aliphatic heterocycles. The second kappa shape index (κ2) is 5.70. The summed E-state index contributed by atoms with van der Waals surface area (Å²) in [5.74, 6) is 0. The molecule has 0 saturated carbocycles. The molecule has 0 bridgehead atoms. The molecule has 124 valence electrons. The van der Waals surface area contributed by atoms with E-state index in [1.165, 1.54) is 24.3 Å². The Labute approximate surface area is 128 Å². The van der Waals surface area contributed by atoms with E-state index < -0.39 is 36.3 Å². The quantitative estimate of drug-likeness (QED) is 0.346. The molecule has 0 aromatic carbocycles. The van der Waals surface area contributed by atoms with Gasteiger partial charge >= 0.3 is 0 Å². The Kier molecular flexibility index (Phi) is 3.85. The standard InChI is InChI=1S/C12H15N5O6/c1-16(4-18)11(22)8-6(19)7(20)12(23-8)17-3-15-5-9(17)13-2-14-10(5)21/h2-4,6-8,11-12,19-20,22H,1H3,(H,13,14,21)/t6-,7+,8-,11?,12+/m0/s1. The second-order valence-corrected chi connectivity index (χ2v) is 5.21. The van der Waals surface area contributed by atoms with Gasteiger partial charge in [0.2, 0.25) is 6.41 Å². The van der Waals surface area contributed by atoms with Crippen LogP contribution in [0.15, 0.2) is 17.4 Å². The summed E-state index contributed by atoms with van der Waals surface area (Å²) in [6.07, 6.45) is -3.88. The summed E-state index contributed by atoms with van der Waals surface area (Å²) in [5.41, 5.74) is -0.255. The van der Waals surface area contributed by atoms with E-state index in [0.717, 1.165) is 4.90 Å². The first-order valence-corrected chi connectivity index (χ1v) is 6.73. The van der Waals surface area contributed by atoms with Gasteiger partial charge in [-0.3, -0.25) is 14.2 Å². The molecule has 1 fully saturated rings. The highest BCUT2D eigenvalue weighted by molar-refractivity contribution is 5.68. The first kappa shape index (κ1) is 15.6. The Morgan fingerprint density at radius 1 is 1.43 bits per heavy atom. The lowest BCUT2D eigenvalue weighted by Gasteiger charge is -2.26. The van der Waals surface area contributed by atoms with E-state index in [0.29, 0.717) is 6.41 Å². The summed E-state index contributed by atoms with van der Waals surface area (Å²) < 4.78 is 6.77. The fourth-order valence-electron chi connectivity index (χ4n) is 2.51. The van der Waals surface area contributed by atoms with Gasteiger partial charge in [0, 0.05) is 7.05 Å². The van der Waals surface area contributed by atoms with Gasteiger partial charge in [-0.05, 0) is 0 Å². The number of carbonyl (C=O) groups is 1. The number of aromatic nitrogens is 4. The molecular formula is C12H15N5O6. The van der Waals surface area contributed by atoms with Crippen LogP contribution in [0.1, 0.15) is 6.23 Å². The number of imidazole rings is 1. The molecule has 1 unspecified atom stereocenters. The van der Waals surface area contributed by atoms with E-state index in [1.54, 1.807) is 0 Å². The number of carbonyl (C=O) groups excluding carboxylic acids is 1. The van der Waals surface area contributed by atoms with Gasteiger partial charge in [-0.25, -0.2) is 9.97 Å². The highest BCUT2D eigenvalue weighted by Crippen LogP contribution is 2.32. The predicted octanol–water partition coefficient (Wildman–Crippen LogP) is -2.85. The average molecular weight is 325 g/mol. The molecule has 11 nitrogen and oxygen atoms in total. The SMILES string of the molecule is CN(C=O)C(O)[C@H]1O[C@@H](n2cnc3c(=O)[nH]cnc32)[C@H](O)[C@@H]1O. The normalized spacial score (nSPS) is 28.9. The van der Waals surface area contributed by atoms with Crippen LogP contribution in [0, 0.1) is 0 Å². The first-order valence-electron chi connectivity index (χ1n) is 6.73. The number of aliphatic hydroxyl groups is 3. The van der Waals surface area contributed by atoms with Crippen molar-refractivity contribution < 1.29 is 24.9 Å². The number of likely N-dealkylation sites (N-methyl/N-ethyl adjacent to an activating group) is 1. The zero-order valence-electron chi connectivity index (χ0n) is 12.0. The van der Waals surface area contributed by atoms with E-state index in [9.17, 15) is 24.9 Å². The largest absolute Gasteiger partial charge is 0.387 e. The molecule has 3 heterocycles. The number of nitrogens with zero attached hydrogens (tertiary/aromatic N) is 4. The van der Waals surface area contributed by atoms with Crippen molar-refractivity contribution >= 4 is 17.6 Å². The third-order valence-electron chi connectivity index (χ3n) is 3.79. The van der Waals surface area contributed by atoms with Crippen molar-refractivity contribution in [1.82, 2.24) is 24.4 Å². The summed E-state index contributed by atoms with van der Waals surface area (Å²) >= 11 is 0. The molecule has 1 aliphatic rings. The third kappa shape index (κ3) is 2.39. The summed E-state index contributed by atoms with van der Waals surface area (Å²) in [6.45, 7) is 0. The fourth-order valence-corrected chi connectivity index (χ4v) is 2.51. The van der Waals surface area contributed by atoms with Crippen LogP contribution in [0.2, 0.25) is 0 Å². The van der Waals surface area contributed by atoms with Crippen LogP contribution in [0.5, 0.6) is 0 Å². The molecule has 3 rings (SSSR count). The van der Waals surface area contributed by atoms with Crippen LogP contribution in [0.25, 0.3) is 11.2 Å². The van der Waals surface area contributed by atoms with Crippen molar-refractivity contribution in [2.45, 2.75) is 30.8 Å². The number of fused-ring (bicyclic) bond motifs is 1. The molecule has 4 N–H and O–H groups in total. The smallest absolute Gasteiger partial charge is 0.278 e. The second-order valence-electron chi connectivity index (χ2n) is 5.21. The maximum Gasteiger partial charge on any atom is 0.278 e. The molecule has 1 amide bonds. The number of aliphatic hydroxyl groups excluding tert-OH is 3. The fraction of sp³-hybridized carbons (Fsp3) is 0.500. The lowest BCUT2D eigenvalue weighted by atomic mass is 10.1. The minimum atomic E-state index is -1.45. The van der Waals surface area contributed by atoms with Crippen molar-refractivity contribution in [3.05, 3.63) is 23.0 Å². The Hall–Kier alpha value is -2.34. The van der Waals surface area contributed by atoms with Gasteiger partial charge < -0.3 is 29.9 Å². The van der Waals surface area contributed by atoms with E-state index >= 15 is 0 Å². The number of amides is 1. The Bertz CT molecular complexity index is 775. The predicted molar refractivity (Wildman–Crippen MR) is 73.9 cm³/mol. The van der Waals surface area contributed by atoms with Crippen LogP contribution in [0.3, 0.4) is 0 Å². The number of ether oxygens (including phenoxy) is 1. The zero-order valence-corrected chi connectivity index (χ0v) is 12.0. The van der Waals surface area contributed by atoms with Crippen molar-refractivity contribution in [3.63, 3.8) is 0 Å². The topological polar surface area (TPSA) is 154 Å². The third-order valence-corrected chi connectivity index (χ3v) is 3.79. The first-order chi connectivity index (χ1) is 11.0. The zero-order chi connectivity index (χ0) is 16.7. The molecule has 2 aromatic rings. The Morgan fingerprint density at radius 2 is 2.17 bits per heavy atom. The average Bonchev–Trinajstić information content (AvgIpc) is 3.09. The minimum Gasteiger partial charge on any atom is -0.387 e. The van der Waals surface area contributed by atoms with Crippen LogP contribution in [-0.4, -0.2) is 77.7 Å². The lowest BCUT2D eigenvalue weighted by Crippen LogP contribution is -2.46. The number of H-pyrrole nitrogens is 1. The number of aromatic amines is 1. The molecular weight excluding hydrogens is 310 g/mol. The van der Waals surface area contributed by atoms with Crippen LogP contribution < -0.4 is 5.56 Å². The maximum atomic E-state index is 11.6. The lowest BCUT2D eigenvalue weighted by molar-refractivity contribution is -0.149. The van der Waals surface area contributed by atoms with Gasteiger partial charge in [0.15, 0.2) is 23.6 Å². The molecule has 0 aliphatic carbocycles. The summed E-state index contributed by atoms with van der Waals surface area (Å²) in [7, 11) is 1.31. The highest BCUT2D eigenvalue weighted by Gasteiger charge is 2.48. The molecule has 1 saturated heterocycles. The molecule has 0 radical (unpaired) electrons. The number of rotatable bonds is 4. The number of nitrogens with one attached hydrogen (secondary N) is 1. The van der Waals surface area contributed by atoms with Gasteiger partial charge in [-0.15, -0.1) is 0 Å². The number of hydrogen-bond donors (Lipinski definition) is 4. The minimum absolute atomic E-state index is 0.0480. The maximum absolute atomic E-state index is 11.6. The van der Waals surface area contributed by atoms with Gasteiger partial charge in [-0.2, -0.15) is 0 Å². The molecule has 0 spiro atoms. The Morgan fingerprint density at radius 3 is 2.87 bits per heavy atom. The van der Waals surface area contributed by atoms with Gasteiger partial charge in [0.05, 0.1) is 12.7 Å². The van der Waals surface area contributed by atoms with Crippen molar-refractivity contribution in [1.29, 1.82) is 0 Å².